The molecule has 0 spiro atoms. The van der Waals surface area contributed by atoms with E-state index in [4.69, 9.17) is 9.84 Å². The number of carbonyl (C=O) groups excluding carboxylic acids is 2. The number of aldehydes is 1. The molecule has 0 aromatic carbocycles. The van der Waals surface area contributed by atoms with Crippen LogP contribution in [0.1, 0.15) is 96.8 Å². The second-order valence-electron chi connectivity index (χ2n) is 8.16. The zero-order valence-corrected chi connectivity index (χ0v) is 19.2. The van der Waals surface area contributed by atoms with Gasteiger partial charge in [0.05, 0.1) is 6.61 Å². The summed E-state index contributed by atoms with van der Waals surface area (Å²) in [5.74, 6) is -0.652. The summed E-state index contributed by atoms with van der Waals surface area (Å²) in [4.78, 5) is 22.8. The van der Waals surface area contributed by atoms with Gasteiger partial charge in [-0.05, 0) is 32.1 Å². The van der Waals surface area contributed by atoms with Gasteiger partial charge in [-0.2, -0.15) is 0 Å². The van der Waals surface area contributed by atoms with E-state index in [-0.39, 0.29) is 12.7 Å². The Bertz CT molecular complexity index is 467. The standard InChI is InChI=1S/C24H44O7/c1-2-3-4-5-6-7-8-9-10-11-12-13-14-15-16-17-22(28)31-21(19-26)24(30)23(29)20(27)18-25/h12-13,19-21,23-25,27,29-30H,2-11,14-18H2,1H3/t20-,21+,23-,24-/m1/s1. The molecule has 0 heterocycles. The summed E-state index contributed by atoms with van der Waals surface area (Å²) in [6.07, 6.45) is 13.0. The van der Waals surface area contributed by atoms with Gasteiger partial charge in [-0.25, -0.2) is 0 Å². The number of hydrogen-bond acceptors (Lipinski definition) is 7. The van der Waals surface area contributed by atoms with Gasteiger partial charge in [0.25, 0.3) is 0 Å². The highest BCUT2D eigenvalue weighted by atomic mass is 16.6. The number of esters is 1. The third-order valence-corrected chi connectivity index (χ3v) is 5.31. The Kier molecular flexibility index (Phi) is 19.8. The van der Waals surface area contributed by atoms with Crippen LogP contribution in [-0.4, -0.2) is 63.7 Å². The predicted octanol–water partition coefficient (Wildman–Crippen LogP) is 3.21. The molecule has 0 aliphatic carbocycles. The quantitative estimate of drug-likeness (QED) is 0.0927. The lowest BCUT2D eigenvalue weighted by Crippen LogP contribution is -2.48. The molecule has 0 amide bonds. The smallest absolute Gasteiger partial charge is 0.306 e. The van der Waals surface area contributed by atoms with Crippen LogP contribution in [0.5, 0.6) is 0 Å². The van der Waals surface area contributed by atoms with Crippen LogP contribution >= 0.6 is 0 Å². The zero-order valence-electron chi connectivity index (χ0n) is 19.2. The van der Waals surface area contributed by atoms with E-state index in [1.165, 1.54) is 57.8 Å². The first-order valence-electron chi connectivity index (χ1n) is 11.9. The molecule has 0 radical (unpaired) electrons. The molecule has 7 heteroatoms. The minimum Gasteiger partial charge on any atom is -0.452 e. The van der Waals surface area contributed by atoms with Gasteiger partial charge in [0.1, 0.15) is 18.3 Å². The van der Waals surface area contributed by atoms with Gasteiger partial charge in [-0.15, -0.1) is 0 Å². The lowest BCUT2D eigenvalue weighted by molar-refractivity contribution is -0.168. The number of allylic oxidation sites excluding steroid dienone is 2. The van der Waals surface area contributed by atoms with E-state index < -0.39 is 37.0 Å². The molecule has 7 nitrogen and oxygen atoms in total. The van der Waals surface area contributed by atoms with E-state index in [1.807, 2.05) is 0 Å². The topological polar surface area (TPSA) is 124 Å². The van der Waals surface area contributed by atoms with Crippen molar-refractivity contribution in [1.82, 2.24) is 0 Å². The van der Waals surface area contributed by atoms with Crippen molar-refractivity contribution >= 4 is 12.3 Å². The third-order valence-electron chi connectivity index (χ3n) is 5.31. The monoisotopic (exact) mass is 444 g/mol. The Balaban J connectivity index is 3.72. The molecule has 0 aromatic rings. The Morgan fingerprint density at radius 2 is 1.32 bits per heavy atom. The number of ether oxygens (including phenoxy) is 1. The normalized spacial score (nSPS) is 15.5. The highest BCUT2D eigenvalue weighted by molar-refractivity contribution is 5.72. The average molecular weight is 445 g/mol. The molecule has 0 aromatic heterocycles. The summed E-state index contributed by atoms with van der Waals surface area (Å²) in [5, 5.41) is 37.5. The van der Waals surface area contributed by atoms with E-state index in [0.29, 0.717) is 6.42 Å². The van der Waals surface area contributed by atoms with Crippen molar-refractivity contribution in [2.24, 2.45) is 0 Å². The molecule has 0 rings (SSSR count). The lowest BCUT2D eigenvalue weighted by Gasteiger charge is -2.25. The van der Waals surface area contributed by atoms with Gasteiger partial charge in [0.2, 0.25) is 0 Å². The van der Waals surface area contributed by atoms with Crippen molar-refractivity contribution in [3.8, 4) is 0 Å². The van der Waals surface area contributed by atoms with Gasteiger partial charge in [0.15, 0.2) is 12.4 Å². The molecule has 0 bridgehead atoms. The van der Waals surface area contributed by atoms with Gasteiger partial charge in [0, 0.05) is 6.42 Å². The Morgan fingerprint density at radius 3 is 1.84 bits per heavy atom. The minimum atomic E-state index is -1.80. The highest BCUT2D eigenvalue weighted by Gasteiger charge is 2.33. The van der Waals surface area contributed by atoms with Crippen molar-refractivity contribution in [3.05, 3.63) is 12.2 Å². The van der Waals surface area contributed by atoms with E-state index in [9.17, 15) is 24.9 Å². The molecular weight excluding hydrogens is 400 g/mol. The summed E-state index contributed by atoms with van der Waals surface area (Å²) in [7, 11) is 0. The van der Waals surface area contributed by atoms with Gasteiger partial charge >= 0.3 is 5.97 Å². The van der Waals surface area contributed by atoms with E-state index in [2.05, 4.69) is 19.1 Å². The molecule has 0 fully saturated rings. The largest absolute Gasteiger partial charge is 0.452 e. The molecule has 182 valence electrons. The first-order chi connectivity index (χ1) is 15.0. The molecular formula is C24H44O7. The van der Waals surface area contributed by atoms with Crippen LogP contribution in [0, 0.1) is 0 Å². The second-order valence-corrected chi connectivity index (χ2v) is 8.16. The summed E-state index contributed by atoms with van der Waals surface area (Å²) in [6.45, 7) is 1.45. The van der Waals surface area contributed by atoms with Gasteiger partial charge < -0.3 is 25.2 Å². The van der Waals surface area contributed by atoms with Crippen molar-refractivity contribution in [2.45, 2.75) is 121 Å². The maximum Gasteiger partial charge on any atom is 0.306 e. The summed E-state index contributed by atoms with van der Waals surface area (Å²) < 4.78 is 4.87. The van der Waals surface area contributed by atoms with Gasteiger partial charge in [-0.3, -0.25) is 9.59 Å². The maximum atomic E-state index is 11.8. The van der Waals surface area contributed by atoms with E-state index >= 15 is 0 Å². The number of unbranched alkanes of at least 4 members (excludes halogenated alkanes) is 11. The fraction of sp³-hybridized carbons (Fsp3) is 0.833. The molecule has 0 aliphatic rings. The number of aliphatic hydroxyl groups excluding tert-OH is 4. The van der Waals surface area contributed by atoms with Crippen molar-refractivity contribution in [2.75, 3.05) is 6.61 Å². The molecule has 0 saturated carbocycles. The molecule has 4 atom stereocenters. The summed E-state index contributed by atoms with van der Waals surface area (Å²) in [5.41, 5.74) is 0. The van der Waals surface area contributed by atoms with E-state index in [0.717, 1.165) is 19.3 Å². The third kappa shape index (κ3) is 16.1. The number of aliphatic hydroxyl groups is 4. The van der Waals surface area contributed by atoms with Crippen LogP contribution < -0.4 is 0 Å². The summed E-state index contributed by atoms with van der Waals surface area (Å²) >= 11 is 0. The van der Waals surface area contributed by atoms with Crippen molar-refractivity contribution in [1.29, 1.82) is 0 Å². The first kappa shape index (κ1) is 29.7. The van der Waals surface area contributed by atoms with Crippen LogP contribution in [0.4, 0.5) is 0 Å². The fourth-order valence-electron chi connectivity index (χ4n) is 3.26. The number of rotatable bonds is 21. The molecule has 0 unspecified atom stereocenters. The predicted molar refractivity (Wildman–Crippen MR) is 121 cm³/mol. The zero-order chi connectivity index (χ0) is 23.3. The maximum absolute atomic E-state index is 11.8. The van der Waals surface area contributed by atoms with Crippen LogP contribution in [0.15, 0.2) is 12.2 Å². The molecule has 0 saturated heterocycles. The van der Waals surface area contributed by atoms with E-state index in [1.54, 1.807) is 0 Å². The van der Waals surface area contributed by atoms with Crippen LogP contribution in [0.3, 0.4) is 0 Å². The Hall–Kier alpha value is -1.28. The number of carbonyl (C=O) groups is 2. The van der Waals surface area contributed by atoms with Crippen molar-refractivity contribution in [3.63, 3.8) is 0 Å². The highest BCUT2D eigenvalue weighted by Crippen LogP contribution is 2.12. The van der Waals surface area contributed by atoms with Crippen LogP contribution in [0.25, 0.3) is 0 Å². The lowest BCUT2D eigenvalue weighted by atomic mass is 10.0. The minimum absolute atomic E-state index is 0.0990. The average Bonchev–Trinajstić information content (AvgIpc) is 2.78. The number of hydrogen-bond donors (Lipinski definition) is 4. The SMILES string of the molecule is CCCCCCCCCCCC=CCCCCC(=O)O[C@@H](C=O)[C@@H](O)[C@H](O)[C@H](O)CO. The summed E-state index contributed by atoms with van der Waals surface area (Å²) in [6, 6.07) is 0. The van der Waals surface area contributed by atoms with Crippen LogP contribution in [-0.2, 0) is 14.3 Å². The first-order valence-corrected chi connectivity index (χ1v) is 11.9. The molecule has 0 aliphatic heterocycles. The Morgan fingerprint density at radius 1 is 0.806 bits per heavy atom. The Labute approximate surface area is 187 Å². The van der Waals surface area contributed by atoms with Crippen LogP contribution in [0.2, 0.25) is 0 Å². The molecule has 31 heavy (non-hydrogen) atoms. The molecule has 4 N–H and O–H groups in total. The van der Waals surface area contributed by atoms with Gasteiger partial charge in [-0.1, -0.05) is 70.4 Å². The second kappa shape index (κ2) is 20.6. The fourth-order valence-corrected chi connectivity index (χ4v) is 3.26. The van der Waals surface area contributed by atoms with Crippen molar-refractivity contribution < 1.29 is 34.8 Å².